The lowest BCUT2D eigenvalue weighted by molar-refractivity contribution is 0.0656. The van der Waals surface area contributed by atoms with Crippen molar-refractivity contribution < 1.29 is 9.13 Å². The summed E-state index contributed by atoms with van der Waals surface area (Å²) in [6.07, 6.45) is -0.0858. The van der Waals surface area contributed by atoms with Gasteiger partial charge in [-0.25, -0.2) is 4.39 Å². The SMILES string of the molecule is COCC1(C)C[C@@H](F)CN1C. The van der Waals surface area contributed by atoms with Gasteiger partial charge in [-0.15, -0.1) is 0 Å². The number of hydrogen-bond acceptors (Lipinski definition) is 2. The lowest BCUT2D eigenvalue weighted by atomic mass is 10.0. The molecule has 0 aromatic rings. The van der Waals surface area contributed by atoms with Crippen molar-refractivity contribution in [2.24, 2.45) is 0 Å². The maximum Gasteiger partial charge on any atom is 0.115 e. The zero-order chi connectivity index (χ0) is 8.48. The smallest absolute Gasteiger partial charge is 0.115 e. The summed E-state index contributed by atoms with van der Waals surface area (Å²) in [5, 5.41) is 0. The number of nitrogens with zero attached hydrogens (tertiary/aromatic N) is 1. The molecule has 1 saturated heterocycles. The van der Waals surface area contributed by atoms with Crippen LogP contribution in [0.4, 0.5) is 4.39 Å². The molecule has 0 saturated carbocycles. The summed E-state index contributed by atoms with van der Waals surface area (Å²) in [5.74, 6) is 0. The van der Waals surface area contributed by atoms with E-state index in [9.17, 15) is 4.39 Å². The molecule has 2 atom stereocenters. The molecule has 1 aliphatic rings. The largest absolute Gasteiger partial charge is 0.383 e. The third-order valence-corrected chi connectivity index (χ3v) is 2.51. The zero-order valence-corrected chi connectivity index (χ0v) is 7.43. The summed E-state index contributed by atoms with van der Waals surface area (Å²) in [7, 11) is 3.60. The highest BCUT2D eigenvalue weighted by Gasteiger charge is 2.39. The Kier molecular flexibility index (Phi) is 2.50. The second-order valence-electron chi connectivity index (χ2n) is 3.61. The summed E-state index contributed by atoms with van der Waals surface area (Å²) in [6.45, 7) is 3.19. The predicted octanol–water partition coefficient (Wildman–Crippen LogP) is 1.07. The van der Waals surface area contributed by atoms with E-state index in [1.807, 2.05) is 18.9 Å². The lowest BCUT2D eigenvalue weighted by Gasteiger charge is -2.30. The fourth-order valence-electron chi connectivity index (χ4n) is 1.70. The number of methoxy groups -OCH3 is 1. The minimum absolute atomic E-state index is 0.0891. The van der Waals surface area contributed by atoms with Crippen LogP contribution in [-0.2, 0) is 4.74 Å². The monoisotopic (exact) mass is 161 g/mol. The van der Waals surface area contributed by atoms with Crippen molar-refractivity contribution in [1.29, 1.82) is 0 Å². The molecular weight excluding hydrogens is 145 g/mol. The van der Waals surface area contributed by atoms with Gasteiger partial charge < -0.3 is 4.74 Å². The Balaban J connectivity index is 2.55. The fourth-order valence-corrected chi connectivity index (χ4v) is 1.70. The van der Waals surface area contributed by atoms with Crippen molar-refractivity contribution in [2.75, 3.05) is 27.3 Å². The van der Waals surface area contributed by atoms with E-state index in [1.165, 1.54) is 0 Å². The van der Waals surface area contributed by atoms with Crippen LogP contribution in [0.3, 0.4) is 0 Å². The van der Waals surface area contributed by atoms with Crippen LogP contribution in [-0.4, -0.2) is 43.9 Å². The summed E-state index contributed by atoms with van der Waals surface area (Å²) >= 11 is 0. The van der Waals surface area contributed by atoms with Crippen LogP contribution in [0.1, 0.15) is 13.3 Å². The van der Waals surface area contributed by atoms with Crippen LogP contribution in [0.15, 0.2) is 0 Å². The van der Waals surface area contributed by atoms with Crippen molar-refractivity contribution in [1.82, 2.24) is 4.90 Å². The second-order valence-corrected chi connectivity index (χ2v) is 3.61. The van der Waals surface area contributed by atoms with Crippen LogP contribution in [0.25, 0.3) is 0 Å². The van der Waals surface area contributed by atoms with E-state index in [0.717, 1.165) is 0 Å². The van der Waals surface area contributed by atoms with E-state index in [0.29, 0.717) is 19.6 Å². The molecule has 1 rings (SSSR count). The Hall–Kier alpha value is -0.150. The molecular formula is C8H16FNO. The first-order valence-electron chi connectivity index (χ1n) is 3.93. The number of ether oxygens (including phenoxy) is 1. The first-order chi connectivity index (χ1) is 5.08. The Morgan fingerprint density at radius 1 is 1.73 bits per heavy atom. The maximum absolute atomic E-state index is 12.9. The fraction of sp³-hybridized carbons (Fsp3) is 1.00. The number of hydrogen-bond donors (Lipinski definition) is 0. The van der Waals surface area contributed by atoms with Crippen molar-refractivity contribution in [3.63, 3.8) is 0 Å². The van der Waals surface area contributed by atoms with Crippen molar-refractivity contribution >= 4 is 0 Å². The summed E-state index contributed by atoms with van der Waals surface area (Å²) in [4.78, 5) is 2.03. The van der Waals surface area contributed by atoms with Gasteiger partial charge >= 0.3 is 0 Å². The molecule has 0 spiro atoms. The van der Waals surface area contributed by atoms with E-state index < -0.39 is 6.17 Å². The van der Waals surface area contributed by atoms with E-state index in [4.69, 9.17) is 4.74 Å². The van der Waals surface area contributed by atoms with Gasteiger partial charge in [-0.2, -0.15) is 0 Å². The zero-order valence-electron chi connectivity index (χ0n) is 7.43. The van der Waals surface area contributed by atoms with Gasteiger partial charge in [0.15, 0.2) is 0 Å². The molecule has 11 heavy (non-hydrogen) atoms. The summed E-state index contributed by atoms with van der Waals surface area (Å²) in [5.41, 5.74) is -0.0891. The molecule has 3 heteroatoms. The number of likely N-dealkylation sites (tertiary alicyclic amines) is 1. The number of likely N-dealkylation sites (N-methyl/N-ethyl adjacent to an activating group) is 1. The van der Waals surface area contributed by atoms with Gasteiger partial charge in [-0.3, -0.25) is 4.90 Å². The van der Waals surface area contributed by atoms with Gasteiger partial charge in [0.05, 0.1) is 6.61 Å². The average Bonchev–Trinajstić information content (AvgIpc) is 2.08. The molecule has 1 aliphatic heterocycles. The molecule has 1 heterocycles. The van der Waals surface area contributed by atoms with Gasteiger partial charge in [0.2, 0.25) is 0 Å². The summed E-state index contributed by atoms with van der Waals surface area (Å²) < 4.78 is 17.9. The first-order valence-corrected chi connectivity index (χ1v) is 3.93. The Bertz CT molecular complexity index is 142. The van der Waals surface area contributed by atoms with E-state index in [-0.39, 0.29) is 5.54 Å². The van der Waals surface area contributed by atoms with Crippen LogP contribution in [0, 0.1) is 0 Å². The molecule has 0 bridgehead atoms. The quantitative estimate of drug-likeness (QED) is 0.600. The van der Waals surface area contributed by atoms with E-state index >= 15 is 0 Å². The molecule has 0 N–H and O–H groups in total. The molecule has 0 aliphatic carbocycles. The summed E-state index contributed by atoms with van der Waals surface area (Å²) in [6, 6.07) is 0. The highest BCUT2D eigenvalue weighted by molar-refractivity contribution is 4.94. The topological polar surface area (TPSA) is 12.5 Å². The highest BCUT2D eigenvalue weighted by Crippen LogP contribution is 2.29. The molecule has 1 unspecified atom stereocenters. The average molecular weight is 161 g/mol. The number of halogens is 1. The standard InChI is InChI=1S/C8H16FNO/c1-8(6-11-3)4-7(9)5-10(8)2/h7H,4-6H2,1-3H3/t7-,8?/m1/s1. The second kappa shape index (κ2) is 3.07. The van der Waals surface area contributed by atoms with Crippen LogP contribution >= 0.6 is 0 Å². The molecule has 0 aromatic heterocycles. The van der Waals surface area contributed by atoms with Crippen molar-refractivity contribution in [2.45, 2.75) is 25.1 Å². The first kappa shape index (κ1) is 8.94. The minimum atomic E-state index is -0.680. The maximum atomic E-state index is 12.9. The molecule has 2 nitrogen and oxygen atoms in total. The van der Waals surface area contributed by atoms with Gasteiger partial charge in [-0.1, -0.05) is 0 Å². The van der Waals surface area contributed by atoms with Gasteiger partial charge in [-0.05, 0) is 14.0 Å². The highest BCUT2D eigenvalue weighted by atomic mass is 19.1. The molecule has 0 aromatic carbocycles. The van der Waals surface area contributed by atoms with Crippen molar-refractivity contribution in [3.05, 3.63) is 0 Å². The number of alkyl halides is 1. The lowest BCUT2D eigenvalue weighted by Crippen LogP contribution is -2.42. The molecule has 0 radical (unpaired) electrons. The third kappa shape index (κ3) is 1.71. The van der Waals surface area contributed by atoms with E-state index in [2.05, 4.69) is 0 Å². The van der Waals surface area contributed by atoms with Crippen LogP contribution < -0.4 is 0 Å². The normalized spacial score (nSPS) is 39.8. The van der Waals surface area contributed by atoms with Gasteiger partial charge in [0.1, 0.15) is 6.17 Å². The molecule has 0 amide bonds. The van der Waals surface area contributed by atoms with Crippen molar-refractivity contribution in [3.8, 4) is 0 Å². The Morgan fingerprint density at radius 2 is 2.36 bits per heavy atom. The van der Waals surface area contributed by atoms with Gasteiger partial charge in [0, 0.05) is 25.6 Å². The van der Waals surface area contributed by atoms with E-state index in [1.54, 1.807) is 7.11 Å². The van der Waals surface area contributed by atoms with Gasteiger partial charge in [0.25, 0.3) is 0 Å². The Morgan fingerprint density at radius 3 is 2.73 bits per heavy atom. The van der Waals surface area contributed by atoms with Crippen LogP contribution in [0.5, 0.6) is 0 Å². The Labute approximate surface area is 67.3 Å². The number of rotatable bonds is 2. The minimum Gasteiger partial charge on any atom is -0.383 e. The third-order valence-electron chi connectivity index (χ3n) is 2.51. The molecule has 66 valence electrons. The molecule has 1 fully saturated rings. The predicted molar refractivity (Wildman–Crippen MR) is 42.4 cm³/mol. The van der Waals surface area contributed by atoms with Crippen LogP contribution in [0.2, 0.25) is 0 Å².